The zero-order chi connectivity index (χ0) is 33.2. The average molecular weight is 659 g/mol. The summed E-state index contributed by atoms with van der Waals surface area (Å²) in [6, 6.07) is 18.9. The Balaban J connectivity index is 1.22. The molecule has 2 amide bonds. The second-order valence-electron chi connectivity index (χ2n) is 14.2. The largest absolute Gasteiger partial charge is 0.493 e. The van der Waals surface area contributed by atoms with Crippen molar-refractivity contribution in [3.05, 3.63) is 87.9 Å². The number of aliphatic hydroxyl groups is 2. The highest BCUT2D eigenvalue weighted by molar-refractivity contribution is 6.30. The number of halogens is 1. The summed E-state index contributed by atoms with van der Waals surface area (Å²) in [5.41, 5.74) is 2.90. The molecule has 1 spiro atoms. The van der Waals surface area contributed by atoms with Crippen LogP contribution in [0.3, 0.4) is 0 Å². The summed E-state index contributed by atoms with van der Waals surface area (Å²) in [7, 11) is 1.60. The van der Waals surface area contributed by atoms with E-state index in [2.05, 4.69) is 0 Å². The Hall–Kier alpha value is -3.59. The van der Waals surface area contributed by atoms with Crippen LogP contribution in [0.15, 0.2) is 60.7 Å². The fourth-order valence-electron chi connectivity index (χ4n) is 9.04. The SMILES string of the molecule is COc1cc2c(cc1OC(C)C)C(c1ccc(Cl)cc1)N(c1ccc(C(C)(O)C3CC4CCCC5N(C(=O)CO)C45C3)cc1)C(=O)C2. The third-order valence-corrected chi connectivity index (χ3v) is 11.5. The summed E-state index contributed by atoms with van der Waals surface area (Å²) < 4.78 is 11.8. The normalized spacial score (nSPS) is 27.5. The highest BCUT2D eigenvalue weighted by Gasteiger charge is 2.73. The first-order valence-corrected chi connectivity index (χ1v) is 17.1. The fourth-order valence-corrected chi connectivity index (χ4v) is 9.17. The molecular formula is C38H43ClN2O6. The van der Waals surface area contributed by atoms with Crippen molar-refractivity contribution in [3.8, 4) is 11.5 Å². The predicted molar refractivity (Wildman–Crippen MR) is 180 cm³/mol. The first-order chi connectivity index (χ1) is 22.5. The van der Waals surface area contributed by atoms with Gasteiger partial charge < -0.3 is 29.5 Å². The topological polar surface area (TPSA) is 99.3 Å². The third-order valence-electron chi connectivity index (χ3n) is 11.2. The van der Waals surface area contributed by atoms with Gasteiger partial charge in [-0.3, -0.25) is 9.59 Å². The van der Waals surface area contributed by atoms with E-state index in [1.54, 1.807) is 7.11 Å². The molecule has 2 heterocycles. The number of hydrogen-bond donors (Lipinski definition) is 2. The van der Waals surface area contributed by atoms with Crippen molar-refractivity contribution in [1.29, 1.82) is 0 Å². The number of carbonyl (C=O) groups excluding carboxylic acids is 2. The van der Waals surface area contributed by atoms with Gasteiger partial charge in [-0.25, -0.2) is 0 Å². The monoisotopic (exact) mass is 658 g/mol. The van der Waals surface area contributed by atoms with Crippen molar-refractivity contribution in [1.82, 2.24) is 4.90 Å². The van der Waals surface area contributed by atoms with E-state index in [0.29, 0.717) is 22.4 Å². The molecule has 7 rings (SSSR count). The standard InChI is InChI=1S/C38H43ClN2O6/c1-22(2)47-32-19-30-24(16-31(32)46-4)17-34(43)40(36(30)23-8-12-28(39)13-9-23)29-14-10-25(11-15-29)37(3,45)27-18-26-6-5-7-33-38(26,20-27)41(33)35(44)21-42/h8-16,19,22,26-27,33,36,42,45H,5-7,17-18,20-21H2,1-4H3. The van der Waals surface area contributed by atoms with Gasteiger partial charge in [-0.1, -0.05) is 42.3 Å². The van der Waals surface area contributed by atoms with Gasteiger partial charge in [0.2, 0.25) is 11.8 Å². The molecule has 0 aromatic heterocycles. The van der Waals surface area contributed by atoms with Crippen LogP contribution >= 0.6 is 11.6 Å². The number of fused-ring (bicyclic) bond motifs is 1. The van der Waals surface area contributed by atoms with Crippen LogP contribution in [0.25, 0.3) is 0 Å². The lowest BCUT2D eigenvalue weighted by atomic mass is 9.80. The summed E-state index contributed by atoms with van der Waals surface area (Å²) in [6.07, 6.45) is 4.77. The number of methoxy groups -OCH3 is 1. The van der Waals surface area contributed by atoms with Crippen molar-refractivity contribution in [2.75, 3.05) is 18.6 Å². The molecule has 6 atom stereocenters. The molecule has 3 aromatic rings. The molecule has 1 saturated heterocycles. The molecular weight excluding hydrogens is 616 g/mol. The number of amides is 2. The summed E-state index contributed by atoms with van der Waals surface area (Å²) in [6.45, 7) is 5.34. The Morgan fingerprint density at radius 3 is 2.47 bits per heavy atom. The molecule has 9 heteroatoms. The lowest BCUT2D eigenvalue weighted by molar-refractivity contribution is -0.130. The van der Waals surface area contributed by atoms with Gasteiger partial charge in [0.15, 0.2) is 11.5 Å². The first-order valence-electron chi connectivity index (χ1n) is 16.7. The van der Waals surface area contributed by atoms with E-state index in [0.717, 1.165) is 60.0 Å². The Bertz CT molecular complexity index is 1690. The number of anilines is 1. The highest BCUT2D eigenvalue weighted by Crippen LogP contribution is 2.65. The molecule has 2 saturated carbocycles. The number of ether oxygens (including phenoxy) is 2. The Morgan fingerprint density at radius 2 is 1.81 bits per heavy atom. The fraction of sp³-hybridized carbons (Fsp3) is 0.474. The molecule has 2 N–H and O–H groups in total. The molecule has 0 bridgehead atoms. The molecule has 6 unspecified atom stereocenters. The van der Waals surface area contributed by atoms with Crippen LogP contribution in [0.1, 0.15) is 81.2 Å². The average Bonchev–Trinajstić information content (AvgIpc) is 3.54. The highest BCUT2D eigenvalue weighted by atomic mass is 35.5. The molecule has 3 aromatic carbocycles. The van der Waals surface area contributed by atoms with Gasteiger partial charge in [0.25, 0.3) is 0 Å². The minimum Gasteiger partial charge on any atom is -0.493 e. The van der Waals surface area contributed by atoms with Gasteiger partial charge in [-0.2, -0.15) is 0 Å². The molecule has 47 heavy (non-hydrogen) atoms. The van der Waals surface area contributed by atoms with Crippen LogP contribution in [0.5, 0.6) is 11.5 Å². The second-order valence-corrected chi connectivity index (χ2v) is 14.6. The van der Waals surface area contributed by atoms with Gasteiger partial charge in [0.05, 0.1) is 42.9 Å². The summed E-state index contributed by atoms with van der Waals surface area (Å²) in [4.78, 5) is 30.3. The smallest absolute Gasteiger partial charge is 0.249 e. The van der Waals surface area contributed by atoms with Crippen LogP contribution in [0.4, 0.5) is 5.69 Å². The van der Waals surface area contributed by atoms with Crippen molar-refractivity contribution >= 4 is 29.1 Å². The van der Waals surface area contributed by atoms with E-state index in [4.69, 9.17) is 21.1 Å². The summed E-state index contributed by atoms with van der Waals surface area (Å²) >= 11 is 6.28. The Kier molecular flexibility index (Phi) is 8.05. The number of hydrogen-bond acceptors (Lipinski definition) is 6. The lowest BCUT2D eigenvalue weighted by Gasteiger charge is -2.38. The van der Waals surface area contributed by atoms with Crippen LogP contribution in [0.2, 0.25) is 5.02 Å². The van der Waals surface area contributed by atoms with Crippen molar-refractivity contribution in [2.24, 2.45) is 11.8 Å². The zero-order valence-corrected chi connectivity index (χ0v) is 28.2. The number of aliphatic hydroxyl groups excluding tert-OH is 1. The second kappa shape index (κ2) is 11.8. The Labute approximate surface area is 281 Å². The quantitative estimate of drug-likeness (QED) is 0.281. The molecule has 4 aliphatic rings. The molecule has 2 aliphatic carbocycles. The van der Waals surface area contributed by atoms with E-state index < -0.39 is 18.2 Å². The number of benzene rings is 3. The van der Waals surface area contributed by atoms with Crippen LogP contribution in [-0.4, -0.2) is 58.3 Å². The number of rotatable bonds is 8. The predicted octanol–water partition coefficient (Wildman–Crippen LogP) is 6.17. The van der Waals surface area contributed by atoms with E-state index in [1.807, 2.05) is 91.2 Å². The minimum absolute atomic E-state index is 0.0323. The van der Waals surface area contributed by atoms with E-state index in [9.17, 15) is 19.8 Å². The zero-order valence-electron chi connectivity index (χ0n) is 27.4. The maximum absolute atomic E-state index is 14.0. The minimum atomic E-state index is -1.13. The number of nitrogens with zero attached hydrogens (tertiary/aromatic N) is 2. The molecule has 2 aliphatic heterocycles. The maximum atomic E-state index is 14.0. The van der Waals surface area contributed by atoms with Crippen LogP contribution < -0.4 is 14.4 Å². The van der Waals surface area contributed by atoms with E-state index in [-0.39, 0.29) is 41.8 Å². The van der Waals surface area contributed by atoms with Crippen molar-refractivity contribution in [2.45, 2.75) is 88.6 Å². The van der Waals surface area contributed by atoms with Gasteiger partial charge in [-0.05, 0) is 117 Å². The van der Waals surface area contributed by atoms with Gasteiger partial charge in [0.1, 0.15) is 6.61 Å². The molecule has 3 fully saturated rings. The van der Waals surface area contributed by atoms with Gasteiger partial charge >= 0.3 is 0 Å². The summed E-state index contributed by atoms with van der Waals surface area (Å²) in [5.74, 6) is 1.26. The van der Waals surface area contributed by atoms with Crippen LogP contribution in [0, 0.1) is 11.8 Å². The lowest BCUT2D eigenvalue weighted by Crippen LogP contribution is -2.41. The first kappa shape index (κ1) is 32.0. The maximum Gasteiger partial charge on any atom is 0.249 e. The molecule has 0 radical (unpaired) electrons. The van der Waals surface area contributed by atoms with Gasteiger partial charge in [-0.15, -0.1) is 0 Å². The van der Waals surface area contributed by atoms with E-state index in [1.165, 1.54) is 0 Å². The van der Waals surface area contributed by atoms with Gasteiger partial charge in [0, 0.05) is 10.7 Å². The number of carbonyl (C=O) groups is 2. The summed E-state index contributed by atoms with van der Waals surface area (Å²) in [5, 5.41) is 22.3. The van der Waals surface area contributed by atoms with Crippen molar-refractivity contribution in [3.63, 3.8) is 0 Å². The third kappa shape index (κ3) is 5.20. The molecule has 248 valence electrons. The van der Waals surface area contributed by atoms with Crippen molar-refractivity contribution < 1.29 is 29.3 Å². The molecule has 8 nitrogen and oxygen atoms in total. The number of likely N-dealkylation sites (tertiary alicyclic amines) is 1. The Morgan fingerprint density at radius 1 is 1.09 bits per heavy atom. The van der Waals surface area contributed by atoms with E-state index >= 15 is 0 Å². The van der Waals surface area contributed by atoms with Crippen LogP contribution in [-0.2, 0) is 21.6 Å².